The fourth-order valence-electron chi connectivity index (χ4n) is 6.67. The van der Waals surface area contributed by atoms with Crippen LogP contribution in [0, 0.1) is 35.5 Å². The summed E-state index contributed by atoms with van der Waals surface area (Å²) in [6, 6.07) is 0. The van der Waals surface area contributed by atoms with Gasteiger partial charge in [-0.3, -0.25) is 77.6 Å². The maximum absolute atomic E-state index is 13.0. The monoisotopic (exact) mass is 2490 g/mol. The lowest BCUT2D eigenvalue weighted by atomic mass is 10.2. The van der Waals surface area contributed by atoms with Crippen LogP contribution in [0.3, 0.4) is 0 Å². The molecule has 0 fully saturated rings. The summed E-state index contributed by atoms with van der Waals surface area (Å²) < 4.78 is 381. The van der Waals surface area contributed by atoms with Crippen LogP contribution in [0.25, 0.3) is 0 Å². The van der Waals surface area contributed by atoms with Crippen molar-refractivity contribution < 1.29 is 349 Å². The molecule has 23 unspecified atom stereocenters. The highest BCUT2D eigenvalue weighted by atomic mass is 31.2. The van der Waals surface area contributed by atoms with Crippen LogP contribution in [0.15, 0.2) is 0 Å². The summed E-state index contributed by atoms with van der Waals surface area (Å²) in [5, 5.41) is 9.02. The SMILES string of the molecule is CCOP(=O)([O-])O.CCOP(=O)([O-])O.CCOP(=O)([O-])O.CCOP(=O)([O-])O.CCOP(=O)([O-])O.CCOP(=O)([O-])O.O=P([O-])(O)OCC(CNF)COP(=O)([O-])OCCOP(=O)([O-])OCC(CNF)COP(=O)([O-])OCCOP(=O)([O-])OCC(CNF)COP(=O)([O-])OCCOP(=O)([O-])OCC(CNF)COP(=O)([O-])OCCOP(=O)([O-])OCC(CNF)COP(=O)([O-])OCCOP(=O)([O-])OCC(CO)CNF. The lowest BCUT2D eigenvalue weighted by Gasteiger charge is -2.29. The molecule has 0 spiro atoms. The van der Waals surface area contributed by atoms with Crippen LogP contribution in [-0.4, -0.2) is 264 Å². The Hall–Kier alpha value is 1.17. The van der Waals surface area contributed by atoms with Crippen LogP contribution in [0.2, 0.25) is 0 Å². The second-order valence-corrected chi connectivity index (χ2v) is 46.7. The maximum atomic E-state index is 13.0. The molecule has 0 aliphatic rings. The lowest BCUT2D eigenvalue weighted by molar-refractivity contribution is -0.237. The Bertz CT molecular complexity index is 4000. The van der Waals surface area contributed by atoms with Crippen molar-refractivity contribution in [1.82, 2.24) is 33.2 Å². The zero-order chi connectivity index (χ0) is 113. The van der Waals surface area contributed by atoms with E-state index in [0.717, 1.165) is 27.7 Å². The number of halogens is 6. The summed E-state index contributed by atoms with van der Waals surface area (Å²) in [5.74, 6) is -8.38. The van der Waals surface area contributed by atoms with Crippen molar-refractivity contribution in [2.24, 2.45) is 35.5 Å². The van der Waals surface area contributed by atoms with E-state index in [2.05, 4.69) is 122 Å². The van der Waals surface area contributed by atoms with Crippen LogP contribution in [0.4, 0.5) is 26.9 Å². The zero-order valence-electron chi connectivity index (χ0n) is 74.9. The van der Waals surface area contributed by atoms with Crippen molar-refractivity contribution in [3.8, 4) is 0 Å². The number of hydrogen-bond acceptors (Lipinski definition) is 68. The number of aliphatic hydroxyl groups is 1. The molecule has 98 heteroatoms. The van der Waals surface area contributed by atoms with Crippen LogP contribution in [0.1, 0.15) is 41.5 Å². The van der Waals surface area contributed by atoms with Gasteiger partial charge in [0.15, 0.2) is 0 Å². The fourth-order valence-corrected chi connectivity index (χ4v) is 16.7. The van der Waals surface area contributed by atoms with Gasteiger partial charge in [-0.05, 0) is 41.5 Å². The topological polar surface area (TPSA) is 1170 Å². The van der Waals surface area contributed by atoms with Gasteiger partial charge in [0.05, 0.1) is 178 Å². The van der Waals surface area contributed by atoms with E-state index in [1.165, 1.54) is 47.1 Å². The van der Waals surface area contributed by atoms with Crippen molar-refractivity contribution in [3.63, 3.8) is 0 Å². The summed E-state index contributed by atoms with van der Waals surface area (Å²) in [7, 11) is -85.8. The van der Waals surface area contributed by atoms with Gasteiger partial charge in [-0.1, -0.05) is 0 Å². The van der Waals surface area contributed by atoms with Gasteiger partial charge in [0.1, 0.15) is 0 Å². The number of nitrogens with one attached hydrogen (secondary N) is 6. The molecule has 0 aromatic heterocycles. The predicted molar refractivity (Wildman–Crippen MR) is 422 cm³/mol. The Morgan fingerprint density at radius 3 is 0.361 bits per heavy atom. The van der Waals surface area contributed by atoms with Crippen LogP contribution < -0.4 is 116 Å². The second-order valence-electron chi connectivity index (χ2n) is 24.2. The third-order valence-corrected chi connectivity index (χ3v) is 25.9. The van der Waals surface area contributed by atoms with Gasteiger partial charge >= 0.3 is 0 Å². The Morgan fingerprint density at radius 1 is 0.181 bits per heavy atom. The minimum Gasteiger partial charge on any atom is -0.756 e. The van der Waals surface area contributed by atoms with Gasteiger partial charge < -0.3 is 245 Å². The van der Waals surface area contributed by atoms with Crippen LogP contribution >= 0.6 is 133 Å². The third kappa shape index (κ3) is 119. The molecule has 23 atom stereocenters. The van der Waals surface area contributed by atoms with Gasteiger partial charge in [-0.15, -0.1) is 26.9 Å². The first-order valence-electron chi connectivity index (χ1n) is 38.0. The van der Waals surface area contributed by atoms with Crippen LogP contribution in [-0.2, 0) is 200 Å². The van der Waals surface area contributed by atoms with Gasteiger partial charge in [0, 0.05) is 81.4 Å². The smallest absolute Gasteiger partial charge is 0.267 e. The average Bonchev–Trinajstić information content (AvgIpc) is 0.880. The van der Waals surface area contributed by atoms with Crippen LogP contribution in [0.5, 0.6) is 0 Å². The predicted octanol–water partition coefficient (Wildman–Crippen LogP) is -9.08. The first kappa shape index (κ1) is 158. The van der Waals surface area contributed by atoms with E-state index in [1.54, 1.807) is 0 Å². The molecule has 0 saturated carbocycles. The summed E-state index contributed by atoms with van der Waals surface area (Å²) in [6.07, 6.45) is 0. The summed E-state index contributed by atoms with van der Waals surface area (Å²) in [4.78, 5) is 245. The molecular formula is C46H106F6N6O69P17-17. The summed E-state index contributed by atoms with van der Waals surface area (Å²) in [5.41, 5.74) is 6.48. The molecule has 75 nitrogen and oxygen atoms in total. The zero-order valence-corrected chi connectivity index (χ0v) is 90.1. The summed E-state index contributed by atoms with van der Waals surface area (Å²) >= 11 is 0. The molecule has 0 aliphatic heterocycles. The quantitative estimate of drug-likeness (QED) is 0.0116. The molecule has 144 heavy (non-hydrogen) atoms. The van der Waals surface area contributed by atoms with Gasteiger partial charge in [-0.2, -0.15) is 33.2 Å². The molecule has 0 aliphatic carbocycles. The first-order chi connectivity index (χ1) is 65.6. The largest absolute Gasteiger partial charge is 0.756 e. The first-order valence-corrected chi connectivity index (χ1v) is 63.1. The van der Waals surface area contributed by atoms with Crippen molar-refractivity contribution in [2.75, 3.05) is 224 Å². The fraction of sp³-hybridized carbons (Fsp3) is 1.00. The highest BCUT2D eigenvalue weighted by Crippen LogP contribution is 2.49. The lowest BCUT2D eigenvalue weighted by Crippen LogP contribution is -2.28. The molecule has 0 bridgehead atoms. The van der Waals surface area contributed by atoms with E-state index in [0.29, 0.717) is 0 Å². The van der Waals surface area contributed by atoms with E-state index < -0.39 is 353 Å². The number of aliphatic hydroxyl groups excluding tert-OH is 1. The number of phosphoric acid groups is 17. The summed E-state index contributed by atoms with van der Waals surface area (Å²) in [6.45, 7) is -19.2. The molecule has 0 saturated heterocycles. The van der Waals surface area contributed by atoms with E-state index >= 15 is 0 Å². The molecule has 0 aromatic carbocycles. The Kier molecular flexibility index (Phi) is 91.6. The van der Waals surface area contributed by atoms with E-state index in [1.807, 2.05) is 0 Å². The average molecular weight is 2490 g/mol. The van der Waals surface area contributed by atoms with Crippen molar-refractivity contribution in [3.05, 3.63) is 0 Å². The van der Waals surface area contributed by atoms with Gasteiger partial charge in [-0.25, -0.2) is 0 Å². The molecule has 14 N–H and O–H groups in total. The number of hydrogen-bond donors (Lipinski definition) is 14. The number of phosphoric ester groups is 17. The van der Waals surface area contributed by atoms with E-state index in [-0.39, 0.29) is 39.6 Å². The Labute approximate surface area is 813 Å². The van der Waals surface area contributed by atoms with Crippen molar-refractivity contribution in [2.45, 2.75) is 41.5 Å². The van der Waals surface area contributed by atoms with Gasteiger partial charge in [0.25, 0.3) is 133 Å². The Morgan fingerprint density at radius 2 is 0.278 bits per heavy atom. The molecule has 0 amide bonds. The molecular weight excluding hydrogens is 2380 g/mol. The van der Waals surface area contributed by atoms with E-state index in [4.69, 9.17) is 39.4 Å². The molecule has 0 heterocycles. The van der Waals surface area contributed by atoms with E-state index in [9.17, 15) is 188 Å². The van der Waals surface area contributed by atoms with Crippen molar-refractivity contribution in [1.29, 1.82) is 0 Å². The van der Waals surface area contributed by atoms with Crippen molar-refractivity contribution >= 4 is 133 Å². The Balaban J connectivity index is -0.000000731. The standard InChI is InChI=1S/C34H81F6N6O45P11.6C2H7O4P/c35-41-11-29(17-47)18-82-93(51,52)71-1-2-73-95(55,56)84-21-31(13-43-37)22-86-97(59,60)75-5-6-77-99(63,64)88-25-33(15-45-39)26-90-101(67,68)79-9-10-80-102(69,70)91-28-34(16-46-40)27-89-100(65,66)78-8-7-76-98(61,62)87-24-32(14-44-38)23-85-96(57,58)74-4-3-72-94(53,54)83-20-30(12-42-36)19-81-92(48,49)50;6*1-2-6-7(3,4)5/h29-34,41-47H,1-28H2,(H,51,52)(H,53,54)(H,55,56)(H,57,58)(H,59,60)(H,61,62)(H,63,64)(H,65,66)(H,67,68)(H,69,70)(H2,48,49,50);6*2H2,1H3,(H2,3,4,5)/p-17. The number of rotatable bonds is 83. The minimum absolute atomic E-state index is 0.0166. The molecule has 0 aromatic rings. The van der Waals surface area contributed by atoms with Gasteiger partial charge in [0.2, 0.25) is 0 Å². The molecule has 878 valence electrons. The highest BCUT2D eigenvalue weighted by Gasteiger charge is 2.28. The normalized spacial score (nSPS) is 20.2. The highest BCUT2D eigenvalue weighted by molar-refractivity contribution is 7.49. The molecule has 0 rings (SSSR count). The third-order valence-electron chi connectivity index (χ3n) is 12.3. The maximum Gasteiger partial charge on any atom is 0.267 e. The second kappa shape index (κ2) is 83.5. The minimum atomic E-state index is -5.50. The molecule has 0 radical (unpaired) electrons.